The summed E-state index contributed by atoms with van der Waals surface area (Å²) in [5.74, 6) is 0.0884. The maximum Gasteiger partial charge on any atom is 0.246 e. The second-order valence-corrected chi connectivity index (χ2v) is 4.12. The van der Waals surface area contributed by atoms with E-state index in [9.17, 15) is 9.59 Å². The Hall–Kier alpha value is -1.06. The molecule has 2 amide bonds. The summed E-state index contributed by atoms with van der Waals surface area (Å²) in [6.45, 7) is 3.72. The first-order valence-corrected chi connectivity index (χ1v) is 5.27. The normalized spacial score (nSPS) is 33.1. The number of hydrogen-bond acceptors (Lipinski definition) is 2. The molecular weight excluding hydrogens is 180 g/mol. The first-order valence-electron chi connectivity index (χ1n) is 5.27. The highest BCUT2D eigenvalue weighted by Crippen LogP contribution is 2.31. The third-order valence-electron chi connectivity index (χ3n) is 3.01. The molecule has 0 radical (unpaired) electrons. The minimum atomic E-state index is -0.292. The number of hydrogen-bond donors (Lipinski definition) is 1. The average molecular weight is 196 g/mol. The van der Waals surface area contributed by atoms with Crippen LogP contribution in [0.1, 0.15) is 33.1 Å². The average Bonchev–Trinajstić information content (AvgIpc) is 2.95. The Morgan fingerprint density at radius 3 is 2.57 bits per heavy atom. The zero-order valence-corrected chi connectivity index (χ0v) is 8.62. The van der Waals surface area contributed by atoms with Gasteiger partial charge < -0.3 is 10.2 Å². The van der Waals surface area contributed by atoms with Gasteiger partial charge in [-0.2, -0.15) is 0 Å². The second kappa shape index (κ2) is 3.26. The van der Waals surface area contributed by atoms with Crippen LogP contribution in [0, 0.1) is 0 Å². The van der Waals surface area contributed by atoms with Gasteiger partial charge in [-0.1, -0.05) is 6.92 Å². The standard InChI is InChI=1S/C10H16N2O2/c1-3-8-10(14)12(7-4-5-7)6(2)9(13)11-8/h6-8H,3-5H2,1-2H3,(H,11,13). The van der Waals surface area contributed by atoms with Crippen molar-refractivity contribution in [2.45, 2.75) is 51.2 Å². The van der Waals surface area contributed by atoms with Crippen LogP contribution in [0.15, 0.2) is 0 Å². The molecular formula is C10H16N2O2. The summed E-state index contributed by atoms with van der Waals surface area (Å²) >= 11 is 0. The van der Waals surface area contributed by atoms with Gasteiger partial charge in [0.1, 0.15) is 12.1 Å². The van der Waals surface area contributed by atoms with E-state index in [-0.39, 0.29) is 23.9 Å². The van der Waals surface area contributed by atoms with E-state index in [4.69, 9.17) is 0 Å². The third kappa shape index (κ3) is 1.38. The molecule has 0 aromatic carbocycles. The topological polar surface area (TPSA) is 49.4 Å². The van der Waals surface area contributed by atoms with Gasteiger partial charge in [-0.25, -0.2) is 0 Å². The molecule has 1 aliphatic heterocycles. The fourth-order valence-corrected chi connectivity index (χ4v) is 1.98. The van der Waals surface area contributed by atoms with E-state index < -0.39 is 0 Å². The van der Waals surface area contributed by atoms with Gasteiger partial charge in [0.05, 0.1) is 0 Å². The molecule has 14 heavy (non-hydrogen) atoms. The molecule has 2 aliphatic rings. The highest BCUT2D eigenvalue weighted by Gasteiger charge is 2.44. The van der Waals surface area contributed by atoms with Crippen LogP contribution in [-0.4, -0.2) is 34.8 Å². The van der Waals surface area contributed by atoms with Gasteiger partial charge in [-0.3, -0.25) is 9.59 Å². The number of rotatable bonds is 2. The Balaban J connectivity index is 2.17. The van der Waals surface area contributed by atoms with E-state index in [1.807, 2.05) is 6.92 Å². The number of nitrogens with zero attached hydrogens (tertiary/aromatic N) is 1. The Kier molecular flexibility index (Phi) is 2.21. The summed E-state index contributed by atoms with van der Waals surface area (Å²) < 4.78 is 0. The minimum Gasteiger partial charge on any atom is -0.343 e. The molecule has 4 nitrogen and oxygen atoms in total. The summed E-state index contributed by atoms with van der Waals surface area (Å²) in [4.78, 5) is 25.2. The molecule has 2 atom stereocenters. The summed E-state index contributed by atoms with van der Waals surface area (Å²) in [7, 11) is 0. The number of nitrogens with one attached hydrogen (secondary N) is 1. The van der Waals surface area contributed by atoms with Crippen molar-refractivity contribution >= 4 is 11.8 Å². The lowest BCUT2D eigenvalue weighted by Gasteiger charge is -2.37. The molecule has 1 aliphatic carbocycles. The van der Waals surface area contributed by atoms with Crippen molar-refractivity contribution in [1.82, 2.24) is 10.2 Å². The van der Waals surface area contributed by atoms with E-state index in [2.05, 4.69) is 5.32 Å². The number of amides is 2. The monoisotopic (exact) mass is 196 g/mol. The van der Waals surface area contributed by atoms with Crippen molar-refractivity contribution in [3.05, 3.63) is 0 Å². The molecule has 1 heterocycles. The zero-order chi connectivity index (χ0) is 10.3. The first kappa shape index (κ1) is 9.49. The van der Waals surface area contributed by atoms with Crippen LogP contribution in [0.3, 0.4) is 0 Å². The Bertz CT molecular complexity index is 273. The van der Waals surface area contributed by atoms with Crippen LogP contribution in [0.5, 0.6) is 0 Å². The van der Waals surface area contributed by atoms with Crippen molar-refractivity contribution < 1.29 is 9.59 Å². The fraction of sp³-hybridized carbons (Fsp3) is 0.800. The van der Waals surface area contributed by atoms with Crippen molar-refractivity contribution in [3.63, 3.8) is 0 Å². The van der Waals surface area contributed by atoms with Gasteiger partial charge in [-0.05, 0) is 26.2 Å². The van der Waals surface area contributed by atoms with E-state index in [1.54, 1.807) is 11.8 Å². The number of carbonyl (C=O) groups excluding carboxylic acids is 2. The SMILES string of the molecule is CCC1NC(=O)C(C)N(C2CC2)C1=O. The second-order valence-electron chi connectivity index (χ2n) is 4.12. The van der Waals surface area contributed by atoms with E-state index in [0.29, 0.717) is 12.5 Å². The Morgan fingerprint density at radius 1 is 1.43 bits per heavy atom. The lowest BCUT2D eigenvalue weighted by Crippen LogP contribution is -2.62. The zero-order valence-electron chi connectivity index (χ0n) is 8.62. The molecule has 0 spiro atoms. The molecule has 0 aromatic heterocycles. The lowest BCUT2D eigenvalue weighted by molar-refractivity contribution is -0.149. The summed E-state index contributed by atoms with van der Waals surface area (Å²) in [6, 6.07) is -0.241. The summed E-state index contributed by atoms with van der Waals surface area (Å²) in [6.07, 6.45) is 2.79. The highest BCUT2D eigenvalue weighted by molar-refractivity contribution is 5.97. The minimum absolute atomic E-state index is 0.0108. The predicted octanol–water partition coefficient (Wildman–Crippen LogP) is 0.274. The van der Waals surface area contributed by atoms with E-state index in [0.717, 1.165) is 12.8 Å². The molecule has 78 valence electrons. The van der Waals surface area contributed by atoms with Crippen LogP contribution < -0.4 is 5.32 Å². The van der Waals surface area contributed by atoms with Crippen LogP contribution >= 0.6 is 0 Å². The van der Waals surface area contributed by atoms with Crippen molar-refractivity contribution in [1.29, 1.82) is 0 Å². The fourth-order valence-electron chi connectivity index (χ4n) is 1.98. The Morgan fingerprint density at radius 2 is 2.07 bits per heavy atom. The first-order chi connectivity index (χ1) is 6.65. The predicted molar refractivity (Wildman–Crippen MR) is 51.6 cm³/mol. The highest BCUT2D eigenvalue weighted by atomic mass is 16.2. The number of carbonyl (C=O) groups is 2. The smallest absolute Gasteiger partial charge is 0.246 e. The molecule has 4 heteroatoms. The molecule has 0 aromatic rings. The summed E-state index contributed by atoms with van der Waals surface area (Å²) in [5, 5.41) is 2.75. The molecule has 2 fully saturated rings. The molecule has 1 saturated heterocycles. The Labute approximate surface area is 83.6 Å². The van der Waals surface area contributed by atoms with Crippen LogP contribution in [-0.2, 0) is 9.59 Å². The van der Waals surface area contributed by atoms with Crippen molar-refractivity contribution in [3.8, 4) is 0 Å². The van der Waals surface area contributed by atoms with Crippen molar-refractivity contribution in [2.75, 3.05) is 0 Å². The van der Waals surface area contributed by atoms with E-state index in [1.165, 1.54) is 0 Å². The van der Waals surface area contributed by atoms with Gasteiger partial charge >= 0.3 is 0 Å². The van der Waals surface area contributed by atoms with Crippen LogP contribution in [0.2, 0.25) is 0 Å². The molecule has 0 bridgehead atoms. The van der Waals surface area contributed by atoms with Gasteiger partial charge in [0.15, 0.2) is 0 Å². The van der Waals surface area contributed by atoms with E-state index >= 15 is 0 Å². The quantitative estimate of drug-likeness (QED) is 0.689. The maximum atomic E-state index is 11.9. The summed E-state index contributed by atoms with van der Waals surface area (Å²) in [5.41, 5.74) is 0. The van der Waals surface area contributed by atoms with Crippen LogP contribution in [0.4, 0.5) is 0 Å². The largest absolute Gasteiger partial charge is 0.343 e. The molecule has 1 saturated carbocycles. The van der Waals surface area contributed by atoms with Crippen molar-refractivity contribution in [2.24, 2.45) is 0 Å². The lowest BCUT2D eigenvalue weighted by atomic mass is 10.1. The molecule has 1 N–H and O–H groups in total. The number of piperazine rings is 1. The maximum absolute atomic E-state index is 11.9. The van der Waals surface area contributed by atoms with Gasteiger partial charge in [0.25, 0.3) is 0 Å². The molecule has 2 rings (SSSR count). The molecule has 2 unspecified atom stereocenters. The van der Waals surface area contributed by atoms with Gasteiger partial charge in [-0.15, -0.1) is 0 Å². The third-order valence-corrected chi connectivity index (χ3v) is 3.01. The van der Waals surface area contributed by atoms with Gasteiger partial charge in [0.2, 0.25) is 11.8 Å². The van der Waals surface area contributed by atoms with Gasteiger partial charge in [0, 0.05) is 6.04 Å². The van der Waals surface area contributed by atoms with Crippen LogP contribution in [0.25, 0.3) is 0 Å².